The first kappa shape index (κ1) is 23.7. The van der Waals surface area contributed by atoms with Gasteiger partial charge in [-0.15, -0.1) is 13.2 Å². The van der Waals surface area contributed by atoms with E-state index in [1.54, 1.807) is 20.8 Å². The molecule has 2 rings (SSSR count). The van der Waals surface area contributed by atoms with Crippen LogP contribution in [0.5, 0.6) is 5.75 Å². The van der Waals surface area contributed by atoms with Crippen molar-refractivity contribution in [1.29, 1.82) is 0 Å². The van der Waals surface area contributed by atoms with Gasteiger partial charge in [0.25, 0.3) is 0 Å². The molecule has 1 aromatic carbocycles. The van der Waals surface area contributed by atoms with Crippen LogP contribution in [0.15, 0.2) is 27.6 Å². The summed E-state index contributed by atoms with van der Waals surface area (Å²) >= 11 is 3.00. The van der Waals surface area contributed by atoms with Crippen LogP contribution in [-0.4, -0.2) is 50.5 Å². The second-order valence-electron chi connectivity index (χ2n) is 7.50. The van der Waals surface area contributed by atoms with E-state index in [9.17, 15) is 26.4 Å². The highest BCUT2D eigenvalue weighted by Crippen LogP contribution is 2.32. The molecule has 29 heavy (non-hydrogen) atoms. The van der Waals surface area contributed by atoms with Crippen LogP contribution in [0.25, 0.3) is 0 Å². The SMILES string of the molecule is CC(C)(C)OC(=O)N1CCC(NS(=O)(=O)c2ccc(Br)cc2OC(F)(F)F)CC1. The highest BCUT2D eigenvalue weighted by molar-refractivity contribution is 9.10. The van der Waals surface area contributed by atoms with Gasteiger partial charge in [-0.25, -0.2) is 17.9 Å². The largest absolute Gasteiger partial charge is 0.573 e. The number of likely N-dealkylation sites (tertiary alicyclic amines) is 1. The van der Waals surface area contributed by atoms with Crippen molar-refractivity contribution in [3.05, 3.63) is 22.7 Å². The fourth-order valence-corrected chi connectivity index (χ4v) is 4.45. The summed E-state index contributed by atoms with van der Waals surface area (Å²) in [7, 11) is -4.28. The number of ether oxygens (including phenoxy) is 2. The van der Waals surface area contributed by atoms with Gasteiger partial charge in [-0.1, -0.05) is 15.9 Å². The van der Waals surface area contributed by atoms with Crippen LogP contribution >= 0.6 is 15.9 Å². The Hall–Kier alpha value is -1.53. The highest BCUT2D eigenvalue weighted by atomic mass is 79.9. The van der Waals surface area contributed by atoms with Gasteiger partial charge in [0.1, 0.15) is 10.5 Å². The summed E-state index contributed by atoms with van der Waals surface area (Å²) in [5.41, 5.74) is -0.647. The minimum Gasteiger partial charge on any atom is -0.444 e. The van der Waals surface area contributed by atoms with Gasteiger partial charge in [-0.2, -0.15) is 0 Å². The molecule has 7 nitrogen and oxygen atoms in total. The first-order chi connectivity index (χ1) is 13.2. The lowest BCUT2D eigenvalue weighted by molar-refractivity contribution is -0.275. The Balaban J connectivity index is 2.07. The number of benzene rings is 1. The molecular weight excluding hydrogens is 481 g/mol. The quantitative estimate of drug-likeness (QED) is 0.671. The van der Waals surface area contributed by atoms with Crippen LogP contribution in [0.4, 0.5) is 18.0 Å². The van der Waals surface area contributed by atoms with Gasteiger partial charge in [0, 0.05) is 23.6 Å². The maximum absolute atomic E-state index is 12.6. The van der Waals surface area contributed by atoms with Gasteiger partial charge >= 0.3 is 12.5 Å². The van der Waals surface area contributed by atoms with Crippen molar-refractivity contribution in [2.75, 3.05) is 13.1 Å². The minimum atomic E-state index is -5.04. The van der Waals surface area contributed by atoms with Gasteiger partial charge in [-0.05, 0) is 51.8 Å². The molecule has 1 amide bonds. The molecule has 0 unspecified atom stereocenters. The Bertz CT molecular complexity index is 848. The van der Waals surface area contributed by atoms with Crippen LogP contribution in [0.1, 0.15) is 33.6 Å². The lowest BCUT2D eigenvalue weighted by atomic mass is 10.1. The molecule has 1 aliphatic heterocycles. The fourth-order valence-electron chi connectivity index (χ4n) is 2.70. The zero-order valence-corrected chi connectivity index (χ0v) is 18.4. The van der Waals surface area contributed by atoms with Gasteiger partial charge in [-0.3, -0.25) is 0 Å². The summed E-state index contributed by atoms with van der Waals surface area (Å²) in [6.07, 6.45) is -4.94. The normalized spacial score (nSPS) is 16.6. The smallest absolute Gasteiger partial charge is 0.444 e. The van der Waals surface area contributed by atoms with E-state index in [0.717, 1.165) is 12.1 Å². The Morgan fingerprint density at radius 3 is 2.31 bits per heavy atom. The molecule has 0 aliphatic carbocycles. The zero-order valence-electron chi connectivity index (χ0n) is 16.0. The van der Waals surface area contributed by atoms with Crippen molar-refractivity contribution in [2.45, 2.75) is 56.5 Å². The Morgan fingerprint density at radius 1 is 1.21 bits per heavy atom. The Labute approximate surface area is 175 Å². The number of rotatable bonds is 4. The number of carbonyl (C=O) groups excluding carboxylic acids is 1. The standard InChI is InChI=1S/C17H22BrF3N2O5S/c1-16(2,3)28-15(24)23-8-6-12(7-9-23)22-29(25,26)14-5-4-11(18)10-13(14)27-17(19,20)21/h4-5,10,12,22H,6-9H2,1-3H3. The van der Waals surface area contributed by atoms with Crippen molar-refractivity contribution in [2.24, 2.45) is 0 Å². The van der Waals surface area contributed by atoms with E-state index in [2.05, 4.69) is 25.4 Å². The Kier molecular flexibility index (Phi) is 7.11. The average molecular weight is 503 g/mol. The third-order valence-electron chi connectivity index (χ3n) is 3.89. The molecule has 0 atom stereocenters. The number of nitrogens with one attached hydrogen (secondary N) is 1. The van der Waals surface area contributed by atoms with Crippen molar-refractivity contribution in [3.8, 4) is 5.75 Å². The van der Waals surface area contributed by atoms with Gasteiger partial charge in [0.15, 0.2) is 5.75 Å². The molecule has 0 saturated carbocycles. The van der Waals surface area contributed by atoms with E-state index >= 15 is 0 Å². The van der Waals surface area contributed by atoms with E-state index in [0.29, 0.717) is 12.8 Å². The third-order valence-corrected chi connectivity index (χ3v) is 5.94. The van der Waals surface area contributed by atoms with Crippen LogP contribution in [-0.2, 0) is 14.8 Å². The van der Waals surface area contributed by atoms with Crippen LogP contribution in [0.3, 0.4) is 0 Å². The second kappa shape index (κ2) is 8.68. The first-order valence-corrected chi connectivity index (χ1v) is 11.0. The lowest BCUT2D eigenvalue weighted by Crippen LogP contribution is -2.47. The van der Waals surface area contributed by atoms with E-state index in [-0.39, 0.29) is 17.6 Å². The number of piperidine rings is 1. The van der Waals surface area contributed by atoms with Crippen LogP contribution < -0.4 is 9.46 Å². The number of alkyl halides is 3. The molecule has 164 valence electrons. The molecule has 1 fully saturated rings. The molecule has 1 saturated heterocycles. The minimum absolute atomic E-state index is 0.237. The van der Waals surface area contributed by atoms with Crippen molar-refractivity contribution < 1.29 is 35.9 Å². The van der Waals surface area contributed by atoms with E-state index < -0.39 is 44.8 Å². The zero-order chi connectivity index (χ0) is 22.0. The number of hydrogen-bond donors (Lipinski definition) is 1. The summed E-state index contributed by atoms with van der Waals surface area (Å²) in [5.74, 6) is -0.828. The molecule has 0 radical (unpaired) electrons. The predicted octanol–water partition coefficient (Wildman–Crippen LogP) is 4.03. The molecule has 1 heterocycles. The molecule has 0 spiro atoms. The van der Waals surface area contributed by atoms with E-state index in [1.807, 2.05) is 0 Å². The number of halogens is 4. The topological polar surface area (TPSA) is 84.9 Å². The van der Waals surface area contributed by atoms with E-state index in [4.69, 9.17) is 4.74 Å². The molecule has 1 aromatic rings. The fraction of sp³-hybridized carbons (Fsp3) is 0.588. The molecule has 0 aromatic heterocycles. The predicted molar refractivity (Wildman–Crippen MR) is 102 cm³/mol. The summed E-state index contributed by atoms with van der Waals surface area (Å²) in [5, 5.41) is 0. The van der Waals surface area contributed by atoms with Crippen molar-refractivity contribution in [1.82, 2.24) is 9.62 Å². The molecule has 0 bridgehead atoms. The number of hydrogen-bond acceptors (Lipinski definition) is 5. The molecular formula is C17H22BrF3N2O5S. The van der Waals surface area contributed by atoms with Gasteiger partial charge < -0.3 is 14.4 Å². The number of amides is 1. The summed E-state index contributed by atoms with van der Waals surface area (Å²) in [6.45, 7) is 5.74. The second-order valence-corrected chi connectivity index (χ2v) is 10.1. The number of nitrogens with zero attached hydrogens (tertiary/aromatic N) is 1. The summed E-state index contributed by atoms with van der Waals surface area (Å²) in [4.78, 5) is 12.9. The molecule has 12 heteroatoms. The number of carbonyl (C=O) groups is 1. The highest BCUT2D eigenvalue weighted by Gasteiger charge is 2.35. The monoisotopic (exact) mass is 502 g/mol. The maximum Gasteiger partial charge on any atom is 0.573 e. The maximum atomic E-state index is 12.6. The Morgan fingerprint density at radius 2 is 1.79 bits per heavy atom. The number of sulfonamides is 1. The van der Waals surface area contributed by atoms with Crippen molar-refractivity contribution >= 4 is 32.0 Å². The van der Waals surface area contributed by atoms with E-state index in [1.165, 1.54) is 11.0 Å². The molecule has 1 aliphatic rings. The molecule has 1 N–H and O–H groups in total. The third kappa shape index (κ3) is 7.34. The average Bonchev–Trinajstić information content (AvgIpc) is 2.51. The van der Waals surface area contributed by atoms with Crippen molar-refractivity contribution in [3.63, 3.8) is 0 Å². The lowest BCUT2D eigenvalue weighted by Gasteiger charge is -2.33. The summed E-state index contributed by atoms with van der Waals surface area (Å²) in [6, 6.07) is 2.74. The van der Waals surface area contributed by atoms with Crippen LogP contribution in [0, 0.1) is 0 Å². The van der Waals surface area contributed by atoms with Gasteiger partial charge in [0.2, 0.25) is 10.0 Å². The van der Waals surface area contributed by atoms with Crippen LogP contribution in [0.2, 0.25) is 0 Å². The summed E-state index contributed by atoms with van der Waals surface area (Å²) < 4.78 is 75.0. The first-order valence-electron chi connectivity index (χ1n) is 8.72. The van der Waals surface area contributed by atoms with Gasteiger partial charge in [0.05, 0.1) is 0 Å².